The number of thiophene rings is 1. The molecule has 2 heteroatoms. The van der Waals surface area contributed by atoms with E-state index in [4.69, 9.17) is 0 Å². The Morgan fingerprint density at radius 2 is 1.00 bits per heavy atom. The molecule has 0 fully saturated rings. The number of benzene rings is 11. The van der Waals surface area contributed by atoms with Crippen LogP contribution in [0.15, 0.2) is 267 Å². The Hall–Kier alpha value is -8.82. The number of hydrogen-bond acceptors (Lipinski definition) is 1. The summed E-state index contributed by atoms with van der Waals surface area (Å²) in [6.45, 7) is 0. The lowest BCUT2D eigenvalue weighted by Crippen LogP contribution is -2.28. The molecule has 14 rings (SSSR count). The molecular weight excluding hydrogens is 887 g/mol. The van der Waals surface area contributed by atoms with Crippen molar-refractivity contribution in [3.05, 3.63) is 306 Å². The van der Waals surface area contributed by atoms with Crippen molar-refractivity contribution in [2.75, 3.05) is 0 Å². The topological polar surface area (TPSA) is 4.93 Å². The van der Waals surface area contributed by atoms with E-state index in [2.05, 4.69) is 278 Å². The van der Waals surface area contributed by atoms with Gasteiger partial charge in [-0.3, -0.25) is 0 Å². The number of fused-ring (bicyclic) bond motifs is 9. The second kappa shape index (κ2) is 17.2. The fraction of sp³-hybridized carbons (Fsp3) is 0.0286. The van der Waals surface area contributed by atoms with Crippen LogP contribution in [0.3, 0.4) is 0 Å². The molecule has 0 unspecified atom stereocenters. The van der Waals surface area contributed by atoms with Gasteiger partial charge in [-0.05, 0) is 133 Å². The molecule has 0 atom stereocenters. The maximum atomic E-state index is 2.49. The lowest BCUT2D eigenvalue weighted by molar-refractivity contribution is 0.767. The summed E-state index contributed by atoms with van der Waals surface area (Å²) in [7, 11) is 0. The van der Waals surface area contributed by atoms with Gasteiger partial charge in [0.1, 0.15) is 0 Å². The maximum Gasteiger partial charge on any atom is 0.0713 e. The first-order valence-electron chi connectivity index (χ1n) is 24.9. The molecule has 2 aromatic heterocycles. The van der Waals surface area contributed by atoms with Gasteiger partial charge in [0.15, 0.2) is 0 Å². The van der Waals surface area contributed by atoms with Crippen LogP contribution in [0.5, 0.6) is 0 Å². The van der Waals surface area contributed by atoms with E-state index in [0.717, 1.165) is 6.42 Å². The van der Waals surface area contributed by atoms with Crippen molar-refractivity contribution in [2.45, 2.75) is 11.8 Å². The Bertz CT molecular complexity index is 4170. The van der Waals surface area contributed by atoms with Gasteiger partial charge in [0, 0.05) is 36.6 Å². The number of allylic oxidation sites excluding steroid dienone is 1. The van der Waals surface area contributed by atoms with E-state index in [0.29, 0.717) is 0 Å². The van der Waals surface area contributed by atoms with Crippen LogP contribution in [0.4, 0.5) is 0 Å². The summed E-state index contributed by atoms with van der Waals surface area (Å²) in [6, 6.07) is 98.9. The summed E-state index contributed by atoms with van der Waals surface area (Å²) in [6.07, 6.45) is 3.17. The Morgan fingerprint density at radius 1 is 0.389 bits per heavy atom. The van der Waals surface area contributed by atoms with Crippen LogP contribution in [0.1, 0.15) is 38.9 Å². The van der Waals surface area contributed by atoms with Crippen LogP contribution in [0.2, 0.25) is 0 Å². The maximum absolute atomic E-state index is 2.49. The van der Waals surface area contributed by atoms with Crippen LogP contribution in [-0.4, -0.2) is 4.57 Å². The minimum Gasteiger partial charge on any atom is -0.309 e. The van der Waals surface area contributed by atoms with Crippen molar-refractivity contribution >= 4 is 65.0 Å². The lowest BCUT2D eigenvalue weighted by atomic mass is 9.67. The number of aromatic nitrogens is 1. The molecule has 13 aromatic rings. The van der Waals surface area contributed by atoms with Gasteiger partial charge in [0.2, 0.25) is 0 Å². The number of hydrogen-bond donors (Lipinski definition) is 0. The Balaban J connectivity index is 0.798. The van der Waals surface area contributed by atoms with Crippen molar-refractivity contribution in [3.8, 4) is 39.1 Å². The third-order valence-corrected chi connectivity index (χ3v) is 16.3. The molecule has 338 valence electrons. The van der Waals surface area contributed by atoms with Gasteiger partial charge < -0.3 is 4.57 Å². The van der Waals surface area contributed by atoms with Crippen LogP contribution < -0.4 is 0 Å². The highest BCUT2D eigenvalue weighted by Crippen LogP contribution is 2.56. The number of para-hydroxylation sites is 1. The molecule has 0 amide bonds. The van der Waals surface area contributed by atoms with E-state index in [9.17, 15) is 0 Å². The second-order valence-corrected chi connectivity index (χ2v) is 20.3. The molecule has 0 bridgehead atoms. The number of rotatable bonds is 9. The molecule has 0 saturated carbocycles. The first-order chi connectivity index (χ1) is 35.7. The standard InChI is InChI=1S/C70H47NS/c1-4-17-49(18-5-1)54(42-48-33-38-59-58-25-10-13-28-64(58)70(65(59)43-48,55-21-6-2-7-22-55)56-23-8-3-9-24-56)41-47-31-34-50(35-32-47)51-19-16-20-52(44-51)53-36-39-67-62(45-53)60-26-11-14-29-66(60)71(67)57-37-40-69-63(46-57)61-27-12-15-30-68(61)72-69/h1-41,43-46H,42H2/b54-41-. The van der Waals surface area contributed by atoms with Crippen molar-refractivity contribution in [1.82, 2.24) is 4.57 Å². The van der Waals surface area contributed by atoms with Crippen molar-refractivity contribution < 1.29 is 0 Å². The molecule has 0 radical (unpaired) electrons. The Morgan fingerprint density at radius 3 is 1.79 bits per heavy atom. The molecule has 72 heavy (non-hydrogen) atoms. The van der Waals surface area contributed by atoms with E-state index in [-0.39, 0.29) is 0 Å². The highest BCUT2D eigenvalue weighted by molar-refractivity contribution is 7.25. The zero-order chi connectivity index (χ0) is 47.6. The molecule has 0 N–H and O–H groups in total. The van der Waals surface area contributed by atoms with Gasteiger partial charge in [-0.1, -0.05) is 224 Å². The normalized spacial score (nSPS) is 13.0. The van der Waals surface area contributed by atoms with Crippen LogP contribution >= 0.6 is 11.3 Å². The van der Waals surface area contributed by atoms with E-state index in [1.807, 2.05) is 11.3 Å². The third kappa shape index (κ3) is 6.90. The molecule has 1 aliphatic rings. The van der Waals surface area contributed by atoms with Crippen LogP contribution in [0.25, 0.3) is 92.7 Å². The SMILES string of the molecule is C(=C(\Cc1ccc2c(c1)C(c1ccccc1)(c1ccccc1)c1ccccc1-2)c1ccccc1)/c1ccc(-c2cccc(-c3ccc4c(c3)c3ccccc3n4-c3ccc4sc5ccccc5c4c3)c2)cc1. The van der Waals surface area contributed by atoms with E-state index < -0.39 is 5.41 Å². The highest BCUT2D eigenvalue weighted by atomic mass is 32.1. The minimum atomic E-state index is -0.433. The van der Waals surface area contributed by atoms with Gasteiger partial charge >= 0.3 is 0 Å². The Kier molecular flexibility index (Phi) is 10.1. The molecule has 1 aliphatic carbocycles. The van der Waals surface area contributed by atoms with Gasteiger partial charge in [0.05, 0.1) is 16.4 Å². The summed E-state index contributed by atoms with van der Waals surface area (Å²) in [5.41, 5.74) is 20.8. The van der Waals surface area contributed by atoms with Crippen molar-refractivity contribution in [2.24, 2.45) is 0 Å². The van der Waals surface area contributed by atoms with Gasteiger partial charge in [-0.15, -0.1) is 11.3 Å². The molecule has 0 spiro atoms. The van der Waals surface area contributed by atoms with E-state index in [1.165, 1.54) is 126 Å². The second-order valence-electron chi connectivity index (χ2n) is 19.2. The van der Waals surface area contributed by atoms with E-state index >= 15 is 0 Å². The number of nitrogens with zero attached hydrogens (tertiary/aromatic N) is 1. The molecule has 11 aromatic carbocycles. The molecule has 0 aliphatic heterocycles. The summed E-state index contributed by atoms with van der Waals surface area (Å²) in [5.74, 6) is 0. The summed E-state index contributed by atoms with van der Waals surface area (Å²) in [5, 5.41) is 5.14. The zero-order valence-corrected chi connectivity index (χ0v) is 40.4. The zero-order valence-electron chi connectivity index (χ0n) is 39.5. The average molecular weight is 934 g/mol. The lowest BCUT2D eigenvalue weighted by Gasteiger charge is -2.34. The summed E-state index contributed by atoms with van der Waals surface area (Å²) in [4.78, 5) is 0. The summed E-state index contributed by atoms with van der Waals surface area (Å²) < 4.78 is 5.08. The van der Waals surface area contributed by atoms with Crippen LogP contribution in [-0.2, 0) is 11.8 Å². The monoisotopic (exact) mass is 933 g/mol. The fourth-order valence-electron chi connectivity index (χ4n) is 11.8. The van der Waals surface area contributed by atoms with E-state index in [1.54, 1.807) is 0 Å². The predicted molar refractivity (Wildman–Crippen MR) is 306 cm³/mol. The molecular formula is C70H47NS. The van der Waals surface area contributed by atoms with Gasteiger partial charge in [-0.2, -0.15) is 0 Å². The smallest absolute Gasteiger partial charge is 0.0713 e. The van der Waals surface area contributed by atoms with Gasteiger partial charge in [-0.25, -0.2) is 0 Å². The predicted octanol–water partition coefficient (Wildman–Crippen LogP) is 18.6. The van der Waals surface area contributed by atoms with Gasteiger partial charge in [0.25, 0.3) is 0 Å². The molecule has 2 heterocycles. The summed E-state index contributed by atoms with van der Waals surface area (Å²) >= 11 is 1.86. The van der Waals surface area contributed by atoms with Crippen molar-refractivity contribution in [3.63, 3.8) is 0 Å². The first kappa shape index (κ1) is 42.1. The Labute approximate surface area is 423 Å². The third-order valence-electron chi connectivity index (χ3n) is 15.1. The highest BCUT2D eigenvalue weighted by Gasteiger charge is 2.46. The quantitative estimate of drug-likeness (QED) is 0.127. The van der Waals surface area contributed by atoms with Crippen LogP contribution in [0, 0.1) is 0 Å². The largest absolute Gasteiger partial charge is 0.309 e. The fourth-order valence-corrected chi connectivity index (χ4v) is 12.9. The first-order valence-corrected chi connectivity index (χ1v) is 25.8. The minimum absolute atomic E-state index is 0.433. The average Bonchev–Trinajstić information content (AvgIpc) is 4.09. The molecule has 0 saturated heterocycles. The molecule has 1 nitrogen and oxygen atoms in total. The van der Waals surface area contributed by atoms with Crippen molar-refractivity contribution in [1.29, 1.82) is 0 Å².